The summed E-state index contributed by atoms with van der Waals surface area (Å²) in [6.45, 7) is 0. The molecule has 4 rings (SSSR count). The Bertz CT molecular complexity index is 1080. The summed E-state index contributed by atoms with van der Waals surface area (Å²) in [5.41, 5.74) is 1.60. The van der Waals surface area contributed by atoms with E-state index < -0.39 is 0 Å². The normalized spacial score (nSPS) is 10.9. The third-order valence-electron chi connectivity index (χ3n) is 3.66. The highest BCUT2D eigenvalue weighted by molar-refractivity contribution is 8.00. The summed E-state index contributed by atoms with van der Waals surface area (Å²) < 4.78 is 1.75. The molecule has 0 aliphatic heterocycles. The molecule has 134 valence electrons. The second-order valence-corrected chi connectivity index (χ2v) is 6.91. The van der Waals surface area contributed by atoms with Crippen LogP contribution in [0.3, 0.4) is 0 Å². The van der Waals surface area contributed by atoms with Crippen molar-refractivity contribution in [1.82, 2.24) is 24.7 Å². The summed E-state index contributed by atoms with van der Waals surface area (Å²) in [5.74, 6) is 0.458. The lowest BCUT2D eigenvalue weighted by molar-refractivity contribution is -0.113. The number of carbonyl (C=O) groups excluding carboxylic acids is 1. The smallest absolute Gasteiger partial charge is 0.235 e. The molecule has 0 atom stereocenters. The first-order valence-electron chi connectivity index (χ1n) is 7.99. The number of pyridine rings is 1. The van der Waals surface area contributed by atoms with E-state index in [1.54, 1.807) is 23.0 Å². The largest absolute Gasteiger partial charge is 0.310 e. The van der Waals surface area contributed by atoms with Gasteiger partial charge < -0.3 is 5.32 Å². The van der Waals surface area contributed by atoms with Gasteiger partial charge in [0, 0.05) is 6.20 Å². The Kier molecular flexibility index (Phi) is 4.99. The Morgan fingerprint density at radius 1 is 1.07 bits per heavy atom. The second-order valence-electron chi connectivity index (χ2n) is 5.51. The Morgan fingerprint density at radius 3 is 2.70 bits per heavy atom. The molecule has 0 aliphatic rings. The number of nitrogens with one attached hydrogen (secondary N) is 1. The molecule has 3 heterocycles. The maximum atomic E-state index is 12.2. The summed E-state index contributed by atoms with van der Waals surface area (Å²) in [7, 11) is 0. The molecular weight excluding hydrogens is 384 g/mol. The third-order valence-corrected chi connectivity index (χ3v) is 4.89. The molecular formula is C18H13ClN6OS. The number of hydrogen-bond acceptors (Lipinski definition) is 6. The van der Waals surface area contributed by atoms with Crippen LogP contribution < -0.4 is 5.32 Å². The van der Waals surface area contributed by atoms with Gasteiger partial charge in [-0.2, -0.15) is 5.10 Å². The molecule has 0 saturated heterocycles. The first kappa shape index (κ1) is 17.4. The van der Waals surface area contributed by atoms with Gasteiger partial charge in [-0.05, 0) is 24.3 Å². The highest BCUT2D eigenvalue weighted by Crippen LogP contribution is 2.25. The summed E-state index contributed by atoms with van der Waals surface area (Å²) in [6, 6.07) is 13.0. The van der Waals surface area contributed by atoms with E-state index in [9.17, 15) is 4.79 Å². The lowest BCUT2D eigenvalue weighted by Crippen LogP contribution is -2.15. The molecule has 0 aliphatic carbocycles. The van der Waals surface area contributed by atoms with Crippen LogP contribution in [0, 0.1) is 0 Å². The van der Waals surface area contributed by atoms with Crippen LogP contribution in [0.4, 0.5) is 5.82 Å². The number of nitrogens with zero attached hydrogens (tertiary/aromatic N) is 5. The number of halogens is 1. The lowest BCUT2D eigenvalue weighted by Gasteiger charge is -2.05. The number of amides is 1. The average Bonchev–Trinajstić information content (AvgIpc) is 3.13. The van der Waals surface area contributed by atoms with Crippen molar-refractivity contribution in [2.75, 3.05) is 11.1 Å². The van der Waals surface area contributed by atoms with Gasteiger partial charge in [0.2, 0.25) is 5.91 Å². The van der Waals surface area contributed by atoms with Crippen LogP contribution in [0.1, 0.15) is 0 Å². The number of fused-ring (bicyclic) bond motifs is 1. The van der Waals surface area contributed by atoms with Crippen LogP contribution in [0.2, 0.25) is 5.02 Å². The molecule has 1 amide bonds. The van der Waals surface area contributed by atoms with Crippen molar-refractivity contribution in [2.45, 2.75) is 5.03 Å². The van der Waals surface area contributed by atoms with Gasteiger partial charge in [-0.25, -0.2) is 19.6 Å². The number of para-hydroxylation sites is 1. The molecule has 0 radical (unpaired) electrons. The molecule has 0 bridgehead atoms. The van der Waals surface area contributed by atoms with Gasteiger partial charge in [-0.3, -0.25) is 4.79 Å². The summed E-state index contributed by atoms with van der Waals surface area (Å²) in [4.78, 5) is 24.8. The molecule has 1 N–H and O–H groups in total. The van der Waals surface area contributed by atoms with Gasteiger partial charge >= 0.3 is 0 Å². The molecule has 0 unspecified atom stereocenters. The summed E-state index contributed by atoms with van der Waals surface area (Å²) >= 11 is 7.11. The fourth-order valence-electron chi connectivity index (χ4n) is 2.46. The maximum absolute atomic E-state index is 12.2. The van der Waals surface area contributed by atoms with Crippen molar-refractivity contribution >= 4 is 46.1 Å². The van der Waals surface area contributed by atoms with E-state index in [2.05, 4.69) is 25.4 Å². The first-order chi connectivity index (χ1) is 13.2. The van der Waals surface area contributed by atoms with E-state index in [0.29, 0.717) is 21.5 Å². The van der Waals surface area contributed by atoms with E-state index in [0.717, 1.165) is 11.1 Å². The second kappa shape index (κ2) is 7.73. The third kappa shape index (κ3) is 3.91. The van der Waals surface area contributed by atoms with Gasteiger partial charge in [-0.15, -0.1) is 0 Å². The Balaban J connectivity index is 1.50. The fourth-order valence-corrected chi connectivity index (χ4v) is 3.33. The maximum Gasteiger partial charge on any atom is 0.235 e. The lowest BCUT2D eigenvalue weighted by atomic mass is 10.3. The fraction of sp³-hybridized carbons (Fsp3) is 0.0556. The number of rotatable bonds is 5. The monoisotopic (exact) mass is 396 g/mol. The minimum absolute atomic E-state index is 0.183. The van der Waals surface area contributed by atoms with Crippen LogP contribution in [-0.2, 0) is 4.79 Å². The minimum Gasteiger partial charge on any atom is -0.310 e. The van der Waals surface area contributed by atoms with Crippen molar-refractivity contribution in [2.24, 2.45) is 0 Å². The highest BCUT2D eigenvalue weighted by atomic mass is 35.5. The van der Waals surface area contributed by atoms with Crippen LogP contribution >= 0.6 is 23.4 Å². The molecule has 0 saturated carbocycles. The highest BCUT2D eigenvalue weighted by Gasteiger charge is 2.13. The summed E-state index contributed by atoms with van der Waals surface area (Å²) in [5, 5.41) is 9.14. The van der Waals surface area contributed by atoms with Crippen molar-refractivity contribution in [3.05, 3.63) is 66.2 Å². The molecule has 27 heavy (non-hydrogen) atoms. The minimum atomic E-state index is -0.183. The topological polar surface area (TPSA) is 85.6 Å². The van der Waals surface area contributed by atoms with Gasteiger partial charge in [0.1, 0.15) is 17.2 Å². The van der Waals surface area contributed by atoms with E-state index in [-0.39, 0.29) is 11.7 Å². The Hall–Kier alpha value is -2.97. The number of benzene rings is 1. The van der Waals surface area contributed by atoms with Crippen molar-refractivity contribution in [1.29, 1.82) is 0 Å². The standard InChI is InChI=1S/C18H13ClN6OS/c19-12-6-7-15(20-8-12)24-16(26)10-27-18-14-9-23-25(17(14)21-11-22-18)13-4-2-1-3-5-13/h1-9,11H,10H2,(H,20,24,26). The Morgan fingerprint density at radius 2 is 1.93 bits per heavy atom. The number of carbonyl (C=O) groups is 1. The van der Waals surface area contributed by atoms with Crippen LogP contribution in [-0.4, -0.2) is 36.4 Å². The number of anilines is 1. The first-order valence-corrected chi connectivity index (χ1v) is 9.35. The SMILES string of the molecule is O=C(CSc1ncnc2c1cnn2-c1ccccc1)Nc1ccc(Cl)cn1. The zero-order valence-electron chi connectivity index (χ0n) is 13.9. The predicted octanol–water partition coefficient (Wildman–Crippen LogP) is 3.59. The molecule has 4 aromatic rings. The molecule has 1 aromatic carbocycles. The van der Waals surface area contributed by atoms with E-state index in [1.165, 1.54) is 24.3 Å². The van der Waals surface area contributed by atoms with Crippen molar-refractivity contribution < 1.29 is 4.79 Å². The van der Waals surface area contributed by atoms with Crippen LogP contribution in [0.5, 0.6) is 0 Å². The van der Waals surface area contributed by atoms with Gasteiger partial charge in [0.25, 0.3) is 0 Å². The van der Waals surface area contributed by atoms with Crippen LogP contribution in [0.25, 0.3) is 16.7 Å². The van der Waals surface area contributed by atoms with E-state index >= 15 is 0 Å². The van der Waals surface area contributed by atoms with Gasteiger partial charge in [-0.1, -0.05) is 41.6 Å². The zero-order chi connectivity index (χ0) is 18.6. The van der Waals surface area contributed by atoms with Crippen molar-refractivity contribution in [3.8, 4) is 5.69 Å². The Labute approximate surface area is 163 Å². The average molecular weight is 397 g/mol. The number of aromatic nitrogens is 5. The van der Waals surface area contributed by atoms with Gasteiger partial charge in [0.05, 0.1) is 28.0 Å². The molecule has 0 fully saturated rings. The van der Waals surface area contributed by atoms with E-state index in [1.807, 2.05) is 30.3 Å². The van der Waals surface area contributed by atoms with Gasteiger partial charge in [0.15, 0.2) is 5.65 Å². The van der Waals surface area contributed by atoms with Crippen molar-refractivity contribution in [3.63, 3.8) is 0 Å². The molecule has 7 nitrogen and oxygen atoms in total. The van der Waals surface area contributed by atoms with Crippen LogP contribution in [0.15, 0.2) is 66.2 Å². The zero-order valence-corrected chi connectivity index (χ0v) is 15.5. The predicted molar refractivity (Wildman–Crippen MR) is 105 cm³/mol. The molecule has 3 aromatic heterocycles. The quantitative estimate of drug-likeness (QED) is 0.410. The van der Waals surface area contributed by atoms with E-state index in [4.69, 9.17) is 11.6 Å². The summed E-state index contributed by atoms with van der Waals surface area (Å²) in [6.07, 6.45) is 4.67. The molecule has 0 spiro atoms. The number of thioether (sulfide) groups is 1. The molecule has 9 heteroatoms. The number of hydrogen-bond donors (Lipinski definition) is 1.